The second-order valence-corrected chi connectivity index (χ2v) is 7.56. The van der Waals surface area contributed by atoms with Gasteiger partial charge >= 0.3 is 0 Å². The molecule has 1 aliphatic rings. The van der Waals surface area contributed by atoms with Crippen molar-refractivity contribution in [3.63, 3.8) is 0 Å². The SMILES string of the molecule is COc1cccc(OC)c1CN1CCC(F)(c2nc(Cc3ccccc3)no2)CC1. The van der Waals surface area contributed by atoms with Gasteiger partial charge < -0.3 is 14.0 Å². The Morgan fingerprint density at radius 3 is 2.30 bits per heavy atom. The molecule has 1 aromatic heterocycles. The number of benzene rings is 2. The molecule has 3 aromatic rings. The van der Waals surface area contributed by atoms with Gasteiger partial charge in [-0.1, -0.05) is 41.6 Å². The summed E-state index contributed by atoms with van der Waals surface area (Å²) in [5.74, 6) is 2.14. The van der Waals surface area contributed by atoms with Crippen molar-refractivity contribution in [2.45, 2.75) is 31.5 Å². The lowest BCUT2D eigenvalue weighted by atomic mass is 9.92. The lowest BCUT2D eigenvalue weighted by Crippen LogP contribution is -2.40. The smallest absolute Gasteiger partial charge is 0.264 e. The third kappa shape index (κ3) is 4.31. The molecule has 0 bridgehead atoms. The van der Waals surface area contributed by atoms with Crippen LogP contribution in [0.4, 0.5) is 4.39 Å². The van der Waals surface area contributed by atoms with Crippen LogP contribution < -0.4 is 9.47 Å². The highest BCUT2D eigenvalue weighted by atomic mass is 19.1. The van der Waals surface area contributed by atoms with Crippen LogP contribution in [0.15, 0.2) is 53.1 Å². The van der Waals surface area contributed by atoms with E-state index in [4.69, 9.17) is 14.0 Å². The first kappa shape index (κ1) is 20.3. The highest BCUT2D eigenvalue weighted by molar-refractivity contribution is 5.44. The Bertz CT molecular complexity index is 947. The maximum atomic E-state index is 15.6. The minimum Gasteiger partial charge on any atom is -0.496 e. The molecule has 6 nitrogen and oxygen atoms in total. The molecule has 0 radical (unpaired) electrons. The number of rotatable bonds is 7. The minimum atomic E-state index is -1.59. The van der Waals surface area contributed by atoms with E-state index in [1.807, 2.05) is 48.5 Å². The number of piperidine rings is 1. The zero-order valence-corrected chi connectivity index (χ0v) is 17.3. The monoisotopic (exact) mass is 411 g/mol. The van der Waals surface area contributed by atoms with Crippen molar-refractivity contribution in [1.82, 2.24) is 15.0 Å². The summed E-state index contributed by atoms with van der Waals surface area (Å²) in [6.45, 7) is 1.79. The normalized spacial score (nSPS) is 16.4. The van der Waals surface area contributed by atoms with Crippen molar-refractivity contribution < 1.29 is 18.4 Å². The fourth-order valence-electron chi connectivity index (χ4n) is 3.87. The third-order valence-electron chi connectivity index (χ3n) is 5.62. The number of ether oxygens (including phenoxy) is 2. The number of nitrogens with zero attached hydrogens (tertiary/aromatic N) is 3. The Hall–Kier alpha value is -2.93. The van der Waals surface area contributed by atoms with Crippen LogP contribution in [0.1, 0.15) is 35.7 Å². The van der Waals surface area contributed by atoms with Crippen molar-refractivity contribution in [3.05, 3.63) is 71.4 Å². The Kier molecular flexibility index (Phi) is 5.99. The summed E-state index contributed by atoms with van der Waals surface area (Å²) in [7, 11) is 3.29. The second kappa shape index (κ2) is 8.83. The van der Waals surface area contributed by atoms with Crippen LogP contribution in [0.5, 0.6) is 11.5 Å². The fraction of sp³-hybridized carbons (Fsp3) is 0.391. The van der Waals surface area contributed by atoms with Crippen LogP contribution in [0, 0.1) is 0 Å². The van der Waals surface area contributed by atoms with E-state index in [0.717, 1.165) is 22.6 Å². The zero-order chi connectivity index (χ0) is 21.0. The molecule has 158 valence electrons. The van der Waals surface area contributed by atoms with Gasteiger partial charge in [-0.2, -0.15) is 4.98 Å². The molecule has 2 heterocycles. The van der Waals surface area contributed by atoms with E-state index in [1.54, 1.807) is 14.2 Å². The topological polar surface area (TPSA) is 60.6 Å². The lowest BCUT2D eigenvalue weighted by Gasteiger charge is -2.34. The van der Waals surface area contributed by atoms with E-state index in [-0.39, 0.29) is 5.89 Å². The highest BCUT2D eigenvalue weighted by Gasteiger charge is 2.41. The van der Waals surface area contributed by atoms with Crippen LogP contribution in [-0.2, 0) is 18.6 Å². The van der Waals surface area contributed by atoms with E-state index in [0.29, 0.717) is 44.7 Å². The van der Waals surface area contributed by atoms with Gasteiger partial charge in [0.15, 0.2) is 11.5 Å². The van der Waals surface area contributed by atoms with Crippen LogP contribution in [0.2, 0.25) is 0 Å². The largest absolute Gasteiger partial charge is 0.496 e. The number of halogens is 1. The molecule has 0 unspecified atom stereocenters. The summed E-state index contributed by atoms with van der Waals surface area (Å²) in [6.07, 6.45) is 1.13. The first-order valence-electron chi connectivity index (χ1n) is 10.1. The molecular formula is C23H26FN3O3. The molecule has 30 heavy (non-hydrogen) atoms. The molecule has 4 rings (SSSR count). The molecule has 7 heteroatoms. The standard InChI is InChI=1S/C23H26FN3O3/c1-28-19-9-6-10-20(29-2)18(19)16-27-13-11-23(24,12-14-27)22-25-21(26-30-22)15-17-7-4-3-5-8-17/h3-10H,11-16H2,1-2H3. The Morgan fingerprint density at radius 2 is 1.67 bits per heavy atom. The maximum absolute atomic E-state index is 15.6. The first-order chi connectivity index (χ1) is 14.6. The van der Waals surface area contributed by atoms with Gasteiger partial charge in [0.2, 0.25) is 0 Å². The number of aromatic nitrogens is 2. The van der Waals surface area contributed by atoms with Gasteiger partial charge in [-0.25, -0.2) is 4.39 Å². The van der Waals surface area contributed by atoms with Crippen molar-refractivity contribution >= 4 is 0 Å². The molecule has 0 spiro atoms. The number of methoxy groups -OCH3 is 2. The van der Waals surface area contributed by atoms with Gasteiger partial charge in [0.25, 0.3) is 5.89 Å². The summed E-state index contributed by atoms with van der Waals surface area (Å²) >= 11 is 0. The molecule has 1 aliphatic heterocycles. The Balaban J connectivity index is 1.41. The summed E-state index contributed by atoms with van der Waals surface area (Å²) in [4.78, 5) is 6.55. The maximum Gasteiger partial charge on any atom is 0.264 e. The molecule has 2 aromatic carbocycles. The van der Waals surface area contributed by atoms with Gasteiger partial charge in [-0.3, -0.25) is 4.90 Å². The van der Waals surface area contributed by atoms with Crippen molar-refractivity contribution in [3.8, 4) is 11.5 Å². The van der Waals surface area contributed by atoms with Gasteiger partial charge in [0.1, 0.15) is 11.5 Å². The van der Waals surface area contributed by atoms with Gasteiger partial charge in [0.05, 0.1) is 19.8 Å². The summed E-state index contributed by atoms with van der Waals surface area (Å²) in [5, 5.41) is 3.99. The molecule has 1 fully saturated rings. The van der Waals surface area contributed by atoms with E-state index < -0.39 is 5.67 Å². The molecule has 0 aliphatic carbocycles. The fourth-order valence-corrected chi connectivity index (χ4v) is 3.87. The number of hydrogen-bond donors (Lipinski definition) is 0. The third-order valence-corrected chi connectivity index (χ3v) is 5.62. The van der Waals surface area contributed by atoms with Crippen LogP contribution in [-0.4, -0.2) is 42.3 Å². The zero-order valence-electron chi connectivity index (χ0n) is 17.3. The molecule has 0 atom stereocenters. The minimum absolute atomic E-state index is 0.0861. The average molecular weight is 411 g/mol. The second-order valence-electron chi connectivity index (χ2n) is 7.56. The van der Waals surface area contributed by atoms with Crippen molar-refractivity contribution in [1.29, 1.82) is 0 Å². The van der Waals surface area contributed by atoms with Gasteiger partial charge in [0, 0.05) is 38.9 Å². The molecule has 1 saturated heterocycles. The lowest BCUT2D eigenvalue weighted by molar-refractivity contribution is 0.0246. The first-order valence-corrected chi connectivity index (χ1v) is 10.1. The summed E-state index contributed by atoms with van der Waals surface area (Å²) < 4.78 is 31.9. The predicted molar refractivity (Wildman–Crippen MR) is 110 cm³/mol. The van der Waals surface area contributed by atoms with E-state index in [2.05, 4.69) is 15.0 Å². The van der Waals surface area contributed by atoms with E-state index in [1.165, 1.54) is 0 Å². The summed E-state index contributed by atoms with van der Waals surface area (Å²) in [6, 6.07) is 15.6. The van der Waals surface area contributed by atoms with Crippen LogP contribution in [0.3, 0.4) is 0 Å². The molecular weight excluding hydrogens is 385 g/mol. The van der Waals surface area contributed by atoms with Crippen molar-refractivity contribution in [2.24, 2.45) is 0 Å². The number of likely N-dealkylation sites (tertiary alicyclic amines) is 1. The van der Waals surface area contributed by atoms with E-state index in [9.17, 15) is 0 Å². The van der Waals surface area contributed by atoms with E-state index >= 15 is 4.39 Å². The molecule has 0 N–H and O–H groups in total. The summed E-state index contributed by atoms with van der Waals surface area (Å²) in [5.41, 5.74) is 0.443. The number of alkyl halides is 1. The quantitative estimate of drug-likeness (QED) is 0.582. The number of hydrogen-bond acceptors (Lipinski definition) is 6. The van der Waals surface area contributed by atoms with Crippen LogP contribution >= 0.6 is 0 Å². The molecule has 0 saturated carbocycles. The Morgan fingerprint density at radius 1 is 1.00 bits per heavy atom. The van der Waals surface area contributed by atoms with Crippen LogP contribution in [0.25, 0.3) is 0 Å². The van der Waals surface area contributed by atoms with Crippen molar-refractivity contribution in [2.75, 3.05) is 27.3 Å². The average Bonchev–Trinajstić information content (AvgIpc) is 3.25. The van der Waals surface area contributed by atoms with Gasteiger partial charge in [-0.15, -0.1) is 0 Å². The predicted octanol–water partition coefficient (Wildman–Crippen LogP) is 4.14. The Labute approximate surface area is 175 Å². The highest BCUT2D eigenvalue weighted by Crippen LogP contribution is 2.38. The van der Waals surface area contributed by atoms with Gasteiger partial charge in [-0.05, 0) is 17.7 Å². The molecule has 0 amide bonds.